The molecule has 0 heterocycles. The highest BCUT2D eigenvalue weighted by molar-refractivity contribution is 6.33. The summed E-state index contributed by atoms with van der Waals surface area (Å²) >= 11 is 5.88. The van der Waals surface area contributed by atoms with Crippen LogP contribution in [0.15, 0.2) is 18.2 Å². The molecule has 0 amide bonds. The standard InChI is InChI=1S/C11H15ClFNO/c1-11(2,7-15)6-14-10-5-8(13)3-4-9(10)12/h3-5,14-15H,6-7H2,1-2H3. The molecule has 1 rings (SSSR count). The molecule has 0 aliphatic carbocycles. The van der Waals surface area contributed by atoms with E-state index in [1.54, 1.807) is 0 Å². The maximum Gasteiger partial charge on any atom is 0.125 e. The van der Waals surface area contributed by atoms with Crippen molar-refractivity contribution in [1.82, 2.24) is 0 Å². The monoisotopic (exact) mass is 231 g/mol. The predicted octanol–water partition coefficient (Wildman–Crippen LogP) is 2.91. The zero-order valence-corrected chi connectivity index (χ0v) is 9.61. The normalized spacial score (nSPS) is 11.5. The third-order valence-electron chi connectivity index (χ3n) is 2.11. The van der Waals surface area contributed by atoms with Crippen LogP contribution in [-0.2, 0) is 0 Å². The van der Waals surface area contributed by atoms with Crippen LogP contribution in [0, 0.1) is 11.2 Å². The maximum atomic E-state index is 12.9. The van der Waals surface area contributed by atoms with Gasteiger partial charge in [-0.25, -0.2) is 4.39 Å². The van der Waals surface area contributed by atoms with E-state index >= 15 is 0 Å². The molecule has 0 spiro atoms. The summed E-state index contributed by atoms with van der Waals surface area (Å²) in [5.41, 5.74) is 0.300. The largest absolute Gasteiger partial charge is 0.396 e. The summed E-state index contributed by atoms with van der Waals surface area (Å²) in [6.07, 6.45) is 0. The average Bonchev–Trinajstić information content (AvgIpc) is 2.20. The number of hydrogen-bond donors (Lipinski definition) is 2. The molecule has 15 heavy (non-hydrogen) atoms. The van der Waals surface area contributed by atoms with Crippen LogP contribution in [-0.4, -0.2) is 18.3 Å². The van der Waals surface area contributed by atoms with Crippen LogP contribution in [0.2, 0.25) is 5.02 Å². The molecular weight excluding hydrogens is 217 g/mol. The first-order valence-electron chi connectivity index (χ1n) is 4.74. The lowest BCUT2D eigenvalue weighted by Gasteiger charge is -2.22. The van der Waals surface area contributed by atoms with Crippen LogP contribution < -0.4 is 5.32 Å². The van der Waals surface area contributed by atoms with Gasteiger partial charge in [-0.05, 0) is 18.2 Å². The van der Waals surface area contributed by atoms with Crippen LogP contribution in [0.5, 0.6) is 0 Å². The first-order valence-corrected chi connectivity index (χ1v) is 5.12. The second-order valence-electron chi connectivity index (χ2n) is 4.30. The lowest BCUT2D eigenvalue weighted by atomic mass is 9.95. The number of aliphatic hydroxyl groups is 1. The lowest BCUT2D eigenvalue weighted by Crippen LogP contribution is -2.26. The van der Waals surface area contributed by atoms with Crippen molar-refractivity contribution in [2.24, 2.45) is 5.41 Å². The zero-order valence-electron chi connectivity index (χ0n) is 8.85. The van der Waals surface area contributed by atoms with Gasteiger partial charge in [-0.15, -0.1) is 0 Å². The smallest absolute Gasteiger partial charge is 0.125 e. The topological polar surface area (TPSA) is 32.3 Å². The van der Waals surface area contributed by atoms with E-state index in [4.69, 9.17) is 16.7 Å². The number of halogens is 2. The summed E-state index contributed by atoms with van der Waals surface area (Å²) in [5, 5.41) is 12.5. The summed E-state index contributed by atoms with van der Waals surface area (Å²) in [7, 11) is 0. The fraction of sp³-hybridized carbons (Fsp3) is 0.455. The van der Waals surface area contributed by atoms with Crippen molar-refractivity contribution in [3.8, 4) is 0 Å². The van der Waals surface area contributed by atoms with Gasteiger partial charge in [0, 0.05) is 18.6 Å². The zero-order chi connectivity index (χ0) is 11.5. The molecular formula is C11H15ClFNO. The molecule has 1 aromatic rings. The van der Waals surface area contributed by atoms with E-state index in [0.717, 1.165) is 0 Å². The second-order valence-corrected chi connectivity index (χ2v) is 4.71. The highest BCUT2D eigenvalue weighted by Crippen LogP contribution is 2.24. The van der Waals surface area contributed by atoms with E-state index in [-0.39, 0.29) is 17.8 Å². The van der Waals surface area contributed by atoms with Crippen LogP contribution in [0.4, 0.5) is 10.1 Å². The minimum atomic E-state index is -0.330. The van der Waals surface area contributed by atoms with Gasteiger partial charge in [0.2, 0.25) is 0 Å². The maximum absolute atomic E-state index is 12.9. The Morgan fingerprint density at radius 2 is 2.13 bits per heavy atom. The first kappa shape index (κ1) is 12.3. The van der Waals surface area contributed by atoms with Gasteiger partial charge in [-0.1, -0.05) is 25.4 Å². The molecule has 0 aliphatic heterocycles. The molecule has 0 aromatic heterocycles. The highest BCUT2D eigenvalue weighted by Gasteiger charge is 2.16. The summed E-state index contributed by atoms with van der Waals surface area (Å²) in [4.78, 5) is 0. The van der Waals surface area contributed by atoms with Gasteiger partial charge >= 0.3 is 0 Å². The Kier molecular flexibility index (Phi) is 3.94. The summed E-state index contributed by atoms with van der Waals surface area (Å²) in [6.45, 7) is 4.42. The Morgan fingerprint density at radius 1 is 1.47 bits per heavy atom. The molecule has 84 valence electrons. The third-order valence-corrected chi connectivity index (χ3v) is 2.44. The molecule has 0 radical (unpaired) electrons. The SMILES string of the molecule is CC(C)(CO)CNc1cc(F)ccc1Cl. The minimum absolute atomic E-state index is 0.0624. The lowest BCUT2D eigenvalue weighted by molar-refractivity contribution is 0.171. The van der Waals surface area contributed by atoms with Crippen molar-refractivity contribution in [2.75, 3.05) is 18.5 Å². The number of nitrogens with one attached hydrogen (secondary N) is 1. The van der Waals surface area contributed by atoms with Gasteiger partial charge in [0.15, 0.2) is 0 Å². The molecule has 2 N–H and O–H groups in total. The summed E-state index contributed by atoms with van der Waals surface area (Å²) in [5.74, 6) is -0.330. The van der Waals surface area contributed by atoms with Crippen LogP contribution in [0.3, 0.4) is 0 Å². The summed E-state index contributed by atoms with van der Waals surface area (Å²) in [6, 6.07) is 4.16. The summed E-state index contributed by atoms with van der Waals surface area (Å²) < 4.78 is 12.9. The third kappa shape index (κ3) is 3.68. The fourth-order valence-corrected chi connectivity index (χ4v) is 1.21. The Hall–Kier alpha value is -0.800. The molecule has 0 fully saturated rings. The highest BCUT2D eigenvalue weighted by atomic mass is 35.5. The van der Waals surface area contributed by atoms with Gasteiger partial charge in [0.1, 0.15) is 5.82 Å². The Balaban J connectivity index is 2.69. The average molecular weight is 232 g/mol. The van der Waals surface area contributed by atoms with Crippen LogP contribution in [0.1, 0.15) is 13.8 Å². The molecule has 0 unspecified atom stereocenters. The van der Waals surface area contributed by atoms with E-state index in [9.17, 15) is 4.39 Å². The van der Waals surface area contributed by atoms with Crippen molar-refractivity contribution in [2.45, 2.75) is 13.8 Å². The fourth-order valence-electron chi connectivity index (χ4n) is 1.02. The van der Waals surface area contributed by atoms with Gasteiger partial charge in [0.05, 0.1) is 10.7 Å². The molecule has 0 saturated heterocycles. The van der Waals surface area contributed by atoms with Gasteiger partial charge in [0.25, 0.3) is 0 Å². The van der Waals surface area contributed by atoms with E-state index in [1.165, 1.54) is 18.2 Å². The van der Waals surface area contributed by atoms with E-state index in [1.807, 2.05) is 13.8 Å². The van der Waals surface area contributed by atoms with E-state index in [2.05, 4.69) is 5.32 Å². The van der Waals surface area contributed by atoms with Gasteiger partial charge in [-0.2, -0.15) is 0 Å². The van der Waals surface area contributed by atoms with Crippen molar-refractivity contribution in [1.29, 1.82) is 0 Å². The van der Waals surface area contributed by atoms with Gasteiger partial charge < -0.3 is 10.4 Å². The number of anilines is 1. The van der Waals surface area contributed by atoms with E-state index < -0.39 is 0 Å². The molecule has 0 bridgehead atoms. The van der Waals surface area contributed by atoms with Gasteiger partial charge in [-0.3, -0.25) is 0 Å². The minimum Gasteiger partial charge on any atom is -0.396 e. The quantitative estimate of drug-likeness (QED) is 0.835. The Morgan fingerprint density at radius 3 is 2.73 bits per heavy atom. The van der Waals surface area contributed by atoms with Crippen molar-refractivity contribution >= 4 is 17.3 Å². The van der Waals surface area contributed by atoms with Crippen molar-refractivity contribution < 1.29 is 9.50 Å². The molecule has 0 atom stereocenters. The Labute approximate surface area is 94.1 Å². The first-order chi connectivity index (χ1) is 6.94. The van der Waals surface area contributed by atoms with Crippen LogP contribution in [0.25, 0.3) is 0 Å². The molecule has 1 aromatic carbocycles. The number of rotatable bonds is 4. The van der Waals surface area contributed by atoms with Crippen molar-refractivity contribution in [3.05, 3.63) is 29.0 Å². The second kappa shape index (κ2) is 4.81. The molecule has 4 heteroatoms. The predicted molar refractivity (Wildman–Crippen MR) is 60.8 cm³/mol. The number of hydrogen-bond acceptors (Lipinski definition) is 2. The molecule has 0 aliphatic rings. The van der Waals surface area contributed by atoms with Crippen molar-refractivity contribution in [3.63, 3.8) is 0 Å². The number of aliphatic hydroxyl groups excluding tert-OH is 1. The molecule has 2 nitrogen and oxygen atoms in total. The number of benzene rings is 1. The van der Waals surface area contributed by atoms with E-state index in [0.29, 0.717) is 17.3 Å². The Bertz CT molecular complexity index is 341. The molecule has 0 saturated carbocycles. The van der Waals surface area contributed by atoms with Crippen LogP contribution >= 0.6 is 11.6 Å².